The van der Waals surface area contributed by atoms with E-state index in [2.05, 4.69) is 20.5 Å². The van der Waals surface area contributed by atoms with Crippen LogP contribution in [0.2, 0.25) is 0 Å². The van der Waals surface area contributed by atoms with Gasteiger partial charge in [0.15, 0.2) is 0 Å². The molecule has 1 aromatic rings. The van der Waals surface area contributed by atoms with Gasteiger partial charge in [0, 0.05) is 0 Å². The first kappa shape index (κ1) is 9.79. The van der Waals surface area contributed by atoms with Crippen molar-refractivity contribution >= 4 is 11.9 Å². The molecule has 0 aliphatic carbocycles. The fourth-order valence-electron chi connectivity index (χ4n) is 0.840. The van der Waals surface area contributed by atoms with Crippen molar-refractivity contribution in [3.05, 3.63) is 0 Å². The molecular formula is C7H15N5O. The Morgan fingerprint density at radius 1 is 1.69 bits per heavy atom. The van der Waals surface area contributed by atoms with Gasteiger partial charge in [-0.2, -0.15) is 4.98 Å². The maximum Gasteiger partial charge on any atom is 0.244 e. The zero-order valence-electron chi connectivity index (χ0n) is 7.83. The summed E-state index contributed by atoms with van der Waals surface area (Å²) in [5.41, 5.74) is 4.95. The molecule has 6 nitrogen and oxygen atoms in total. The van der Waals surface area contributed by atoms with Crippen LogP contribution in [0.5, 0.6) is 0 Å². The summed E-state index contributed by atoms with van der Waals surface area (Å²) in [6.45, 7) is 3.89. The Kier molecular flexibility index (Phi) is 2.72. The second-order valence-corrected chi connectivity index (χ2v) is 3.24. The lowest BCUT2D eigenvalue weighted by atomic mass is 10.0. The summed E-state index contributed by atoms with van der Waals surface area (Å²) in [6.07, 6.45) is 0.776. The molecule has 0 saturated carbocycles. The third kappa shape index (κ3) is 2.32. The van der Waals surface area contributed by atoms with E-state index in [1.54, 1.807) is 0 Å². The van der Waals surface area contributed by atoms with Gasteiger partial charge >= 0.3 is 0 Å². The highest BCUT2D eigenvalue weighted by Crippen LogP contribution is 2.14. The van der Waals surface area contributed by atoms with Crippen molar-refractivity contribution in [3.63, 3.8) is 0 Å². The summed E-state index contributed by atoms with van der Waals surface area (Å²) in [5, 5.41) is 18.4. The molecule has 0 aromatic carbocycles. The average molecular weight is 185 g/mol. The van der Waals surface area contributed by atoms with Crippen LogP contribution < -0.4 is 11.1 Å². The molecule has 13 heavy (non-hydrogen) atoms. The lowest BCUT2D eigenvalue weighted by Crippen LogP contribution is -2.38. The fraction of sp³-hybridized carbons (Fsp3) is 0.714. The maximum atomic E-state index is 9.09. The molecule has 1 rings (SSSR count). The van der Waals surface area contributed by atoms with E-state index in [1.807, 2.05) is 13.8 Å². The number of anilines is 2. The van der Waals surface area contributed by atoms with Crippen molar-refractivity contribution < 1.29 is 5.11 Å². The van der Waals surface area contributed by atoms with E-state index in [4.69, 9.17) is 10.8 Å². The second kappa shape index (κ2) is 3.61. The van der Waals surface area contributed by atoms with Crippen LogP contribution in [-0.4, -0.2) is 32.4 Å². The number of nitrogens with zero attached hydrogens (tertiary/aromatic N) is 2. The molecule has 0 saturated heterocycles. The number of rotatable bonds is 4. The van der Waals surface area contributed by atoms with E-state index >= 15 is 0 Å². The topological polar surface area (TPSA) is 99.8 Å². The lowest BCUT2D eigenvalue weighted by molar-refractivity contribution is 0.218. The first-order valence-electron chi connectivity index (χ1n) is 4.16. The zero-order valence-corrected chi connectivity index (χ0v) is 7.83. The number of aromatic nitrogens is 3. The minimum Gasteiger partial charge on any atom is -0.394 e. The van der Waals surface area contributed by atoms with E-state index < -0.39 is 5.54 Å². The predicted octanol–water partition coefficient (Wildman–Crippen LogP) is -0.0402. The van der Waals surface area contributed by atoms with Gasteiger partial charge in [-0.05, 0) is 13.3 Å². The van der Waals surface area contributed by atoms with Crippen LogP contribution in [0.4, 0.5) is 11.9 Å². The Labute approximate surface area is 76.6 Å². The monoisotopic (exact) mass is 185 g/mol. The maximum absolute atomic E-state index is 9.09. The number of aromatic amines is 1. The van der Waals surface area contributed by atoms with Crippen LogP contribution in [0.25, 0.3) is 0 Å². The Bertz CT molecular complexity index is 268. The minimum atomic E-state index is -0.394. The van der Waals surface area contributed by atoms with Gasteiger partial charge in [-0.15, -0.1) is 5.10 Å². The van der Waals surface area contributed by atoms with Crippen molar-refractivity contribution in [1.82, 2.24) is 15.2 Å². The number of nitrogens with one attached hydrogen (secondary N) is 2. The SMILES string of the molecule is CCC(C)(CO)Nc1n[nH]c(N)n1. The van der Waals surface area contributed by atoms with Gasteiger partial charge in [0.25, 0.3) is 0 Å². The van der Waals surface area contributed by atoms with E-state index in [0.717, 1.165) is 6.42 Å². The largest absolute Gasteiger partial charge is 0.394 e. The Morgan fingerprint density at radius 2 is 2.38 bits per heavy atom. The van der Waals surface area contributed by atoms with Crippen LogP contribution in [0.15, 0.2) is 0 Å². The standard InChI is InChI=1S/C7H15N5O/c1-3-7(2,4-13)10-6-9-5(8)11-12-6/h13H,3-4H2,1-2H3,(H4,8,9,10,11,12). The molecule has 1 heterocycles. The molecule has 6 heteroatoms. The predicted molar refractivity (Wildman–Crippen MR) is 50.2 cm³/mol. The molecule has 1 atom stereocenters. The van der Waals surface area contributed by atoms with Gasteiger partial charge in [0.1, 0.15) is 0 Å². The number of H-pyrrole nitrogens is 1. The van der Waals surface area contributed by atoms with E-state index in [0.29, 0.717) is 5.95 Å². The fourth-order valence-corrected chi connectivity index (χ4v) is 0.840. The van der Waals surface area contributed by atoms with Crippen LogP contribution in [-0.2, 0) is 0 Å². The molecule has 0 amide bonds. The smallest absolute Gasteiger partial charge is 0.244 e. The summed E-state index contributed by atoms with van der Waals surface area (Å²) in [6, 6.07) is 0. The third-order valence-corrected chi connectivity index (χ3v) is 2.05. The van der Waals surface area contributed by atoms with Gasteiger partial charge in [0.2, 0.25) is 11.9 Å². The molecule has 1 aromatic heterocycles. The number of aliphatic hydroxyl groups excluding tert-OH is 1. The highest BCUT2D eigenvalue weighted by atomic mass is 16.3. The number of hydrogen-bond acceptors (Lipinski definition) is 5. The summed E-state index contributed by atoms with van der Waals surface area (Å²) < 4.78 is 0. The van der Waals surface area contributed by atoms with Crippen molar-refractivity contribution in [1.29, 1.82) is 0 Å². The van der Waals surface area contributed by atoms with Crippen molar-refractivity contribution in [2.75, 3.05) is 17.7 Å². The highest BCUT2D eigenvalue weighted by Gasteiger charge is 2.21. The normalized spacial score (nSPS) is 15.3. The van der Waals surface area contributed by atoms with Crippen molar-refractivity contribution in [3.8, 4) is 0 Å². The van der Waals surface area contributed by atoms with Crippen LogP contribution >= 0.6 is 0 Å². The quantitative estimate of drug-likeness (QED) is 0.527. The molecule has 5 N–H and O–H groups in total. The number of aliphatic hydroxyl groups is 1. The highest BCUT2D eigenvalue weighted by molar-refractivity contribution is 5.32. The molecule has 1 unspecified atom stereocenters. The van der Waals surface area contributed by atoms with E-state index in [1.165, 1.54) is 0 Å². The summed E-state index contributed by atoms with van der Waals surface area (Å²) in [7, 11) is 0. The van der Waals surface area contributed by atoms with Gasteiger partial charge < -0.3 is 16.2 Å². The Morgan fingerprint density at radius 3 is 2.77 bits per heavy atom. The lowest BCUT2D eigenvalue weighted by Gasteiger charge is -2.26. The van der Waals surface area contributed by atoms with Crippen molar-refractivity contribution in [2.45, 2.75) is 25.8 Å². The molecule has 0 radical (unpaired) electrons. The second-order valence-electron chi connectivity index (χ2n) is 3.24. The minimum absolute atomic E-state index is 0.0257. The van der Waals surface area contributed by atoms with Crippen LogP contribution in [0, 0.1) is 0 Å². The molecule has 0 bridgehead atoms. The van der Waals surface area contributed by atoms with Crippen LogP contribution in [0.3, 0.4) is 0 Å². The Balaban J connectivity index is 2.67. The molecule has 0 aliphatic rings. The summed E-state index contributed by atoms with van der Waals surface area (Å²) in [5.74, 6) is 0.676. The van der Waals surface area contributed by atoms with E-state index in [9.17, 15) is 0 Å². The zero-order chi connectivity index (χ0) is 9.90. The first-order chi connectivity index (χ1) is 6.09. The number of nitrogens with two attached hydrogens (primary N) is 1. The average Bonchev–Trinajstić information content (AvgIpc) is 2.51. The van der Waals surface area contributed by atoms with Gasteiger partial charge in [-0.1, -0.05) is 6.92 Å². The van der Waals surface area contributed by atoms with Crippen molar-refractivity contribution in [2.24, 2.45) is 0 Å². The molecule has 0 spiro atoms. The molecule has 74 valence electrons. The van der Waals surface area contributed by atoms with Crippen LogP contribution in [0.1, 0.15) is 20.3 Å². The van der Waals surface area contributed by atoms with Gasteiger partial charge in [-0.3, -0.25) is 0 Å². The summed E-state index contributed by atoms with van der Waals surface area (Å²) in [4.78, 5) is 3.88. The van der Waals surface area contributed by atoms with Gasteiger partial charge in [0.05, 0.1) is 12.1 Å². The number of hydrogen-bond donors (Lipinski definition) is 4. The molecule has 0 aliphatic heterocycles. The number of nitrogen functional groups attached to an aromatic ring is 1. The third-order valence-electron chi connectivity index (χ3n) is 2.05. The van der Waals surface area contributed by atoms with Gasteiger partial charge in [-0.25, -0.2) is 5.10 Å². The Hall–Kier alpha value is -1.30. The molecule has 0 fully saturated rings. The molecular weight excluding hydrogens is 170 g/mol. The summed E-state index contributed by atoms with van der Waals surface area (Å²) >= 11 is 0. The van der Waals surface area contributed by atoms with E-state index in [-0.39, 0.29) is 12.6 Å². The first-order valence-corrected chi connectivity index (χ1v) is 4.16.